The van der Waals surface area contributed by atoms with Gasteiger partial charge in [-0.25, -0.2) is 19.9 Å². The van der Waals surface area contributed by atoms with Crippen LogP contribution in [0.5, 0.6) is 0 Å². The number of para-hydroxylation sites is 1. The Morgan fingerprint density at radius 1 is 0.732 bits per heavy atom. The van der Waals surface area contributed by atoms with Crippen molar-refractivity contribution in [3.63, 3.8) is 0 Å². The molecule has 0 radical (unpaired) electrons. The number of benzene rings is 2. The number of hydrogen-bond acceptors (Lipinski definition) is 7. The van der Waals surface area contributed by atoms with Gasteiger partial charge in [0.15, 0.2) is 0 Å². The molecule has 2 atom stereocenters. The first-order chi connectivity index (χ1) is 19.1. The molecule has 41 heavy (non-hydrogen) atoms. The fourth-order valence-corrected chi connectivity index (χ4v) is 6.11. The summed E-state index contributed by atoms with van der Waals surface area (Å²) in [6.45, 7) is 0. The van der Waals surface area contributed by atoms with Crippen molar-refractivity contribution >= 4 is 75.8 Å². The van der Waals surface area contributed by atoms with Gasteiger partial charge in [-0.05, 0) is 56.0 Å². The molecule has 1 amide bonds. The van der Waals surface area contributed by atoms with E-state index in [1.807, 2.05) is 36.4 Å². The summed E-state index contributed by atoms with van der Waals surface area (Å²) in [6, 6.07) is 14.0. The lowest BCUT2D eigenvalue weighted by molar-refractivity contribution is 0.0923. The maximum absolute atomic E-state index is 13.3. The highest BCUT2D eigenvalue weighted by molar-refractivity contribution is 6.31. The summed E-state index contributed by atoms with van der Waals surface area (Å²) in [6.07, 6.45) is 12.6. The number of halogens is 3. The molecule has 2 saturated carbocycles. The third-order valence-electron chi connectivity index (χ3n) is 8.00. The quantitative estimate of drug-likeness (QED) is 0.194. The maximum atomic E-state index is 13.3. The molecule has 2 aromatic heterocycles. The molecule has 2 aliphatic carbocycles. The van der Waals surface area contributed by atoms with Crippen molar-refractivity contribution in [1.82, 2.24) is 25.3 Å². The maximum Gasteiger partial charge on any atom is 0.289 e. The largest absolute Gasteiger partial charge is 0.365 e. The summed E-state index contributed by atoms with van der Waals surface area (Å²) >= 11 is 6.38. The summed E-state index contributed by atoms with van der Waals surface area (Å²) in [5.41, 5.74) is 1.61. The summed E-state index contributed by atoms with van der Waals surface area (Å²) in [4.78, 5) is 31.6. The van der Waals surface area contributed by atoms with E-state index >= 15 is 0 Å². The Hall–Kier alpha value is -2.94. The first-order valence-corrected chi connectivity index (χ1v) is 14.5. The van der Waals surface area contributed by atoms with Gasteiger partial charge in [0.2, 0.25) is 5.82 Å². The first-order valence-electron chi connectivity index (χ1n) is 14.1. The number of aromatic nitrogens is 4. The molecule has 0 spiro atoms. The van der Waals surface area contributed by atoms with Gasteiger partial charge in [0.25, 0.3) is 5.91 Å². The molecule has 0 saturated heterocycles. The highest BCUT2D eigenvalue weighted by atomic mass is 35.5. The van der Waals surface area contributed by atoms with E-state index in [1.165, 1.54) is 12.8 Å². The van der Waals surface area contributed by atoms with Crippen molar-refractivity contribution in [2.45, 2.75) is 82.3 Å². The first kappa shape index (κ1) is 31.0. The molecule has 2 aromatic carbocycles. The monoisotopic (exact) mass is 615 g/mol. The van der Waals surface area contributed by atoms with E-state index in [1.54, 1.807) is 12.4 Å². The van der Waals surface area contributed by atoms with Crippen LogP contribution in [0.1, 0.15) is 74.8 Å². The van der Waals surface area contributed by atoms with Crippen LogP contribution in [0.15, 0.2) is 48.8 Å². The molecule has 0 unspecified atom stereocenters. The fraction of sp³-hybridized carbons (Fsp3) is 0.433. The van der Waals surface area contributed by atoms with E-state index in [-0.39, 0.29) is 54.7 Å². The summed E-state index contributed by atoms with van der Waals surface area (Å²) in [5.74, 6) is 1.45. The van der Waals surface area contributed by atoms with Crippen LogP contribution in [-0.2, 0) is 0 Å². The topological polar surface area (TPSA) is 105 Å². The van der Waals surface area contributed by atoms with Gasteiger partial charge in [-0.1, -0.05) is 62.3 Å². The van der Waals surface area contributed by atoms with E-state index in [4.69, 9.17) is 16.6 Å². The van der Waals surface area contributed by atoms with Crippen LogP contribution in [0.2, 0.25) is 5.02 Å². The van der Waals surface area contributed by atoms with Crippen LogP contribution in [0, 0.1) is 0 Å². The van der Waals surface area contributed by atoms with Crippen molar-refractivity contribution in [3.05, 3.63) is 59.6 Å². The number of rotatable bonds is 6. The van der Waals surface area contributed by atoms with E-state index in [0.717, 1.165) is 73.5 Å². The van der Waals surface area contributed by atoms with E-state index in [0.29, 0.717) is 16.4 Å². The van der Waals surface area contributed by atoms with Crippen LogP contribution in [0.4, 0.5) is 11.6 Å². The molecule has 4 aromatic rings. The fourth-order valence-electron chi connectivity index (χ4n) is 5.93. The van der Waals surface area contributed by atoms with Gasteiger partial charge in [-0.3, -0.25) is 4.79 Å². The number of nitrogens with one attached hydrogen (secondary N) is 3. The SMILES string of the molecule is Cl.Cl.O=C(NC1CCCCCC1)c1nc(N[C@H]2CCCC[C@H]2Nc2ncnc3ccccc23)c2cc(Cl)ccc2n1. The van der Waals surface area contributed by atoms with Gasteiger partial charge in [0.05, 0.1) is 11.0 Å². The second-order valence-corrected chi connectivity index (χ2v) is 11.2. The van der Waals surface area contributed by atoms with E-state index in [2.05, 4.69) is 30.9 Å². The average molecular weight is 617 g/mol. The van der Waals surface area contributed by atoms with Crippen LogP contribution in [0.3, 0.4) is 0 Å². The molecular formula is C30H36Cl3N7O. The predicted octanol–water partition coefficient (Wildman–Crippen LogP) is 7.36. The number of hydrogen-bond donors (Lipinski definition) is 3. The highest BCUT2D eigenvalue weighted by Gasteiger charge is 2.28. The smallest absolute Gasteiger partial charge is 0.289 e. The zero-order valence-electron chi connectivity index (χ0n) is 22.8. The third kappa shape index (κ3) is 7.29. The lowest BCUT2D eigenvalue weighted by Gasteiger charge is -2.34. The normalized spacial score (nSPS) is 19.4. The van der Waals surface area contributed by atoms with Gasteiger partial charge in [-0.15, -0.1) is 24.8 Å². The van der Waals surface area contributed by atoms with Crippen molar-refractivity contribution < 1.29 is 4.79 Å². The predicted molar refractivity (Wildman–Crippen MR) is 171 cm³/mol. The molecule has 8 nitrogen and oxygen atoms in total. The molecule has 3 N–H and O–H groups in total. The molecule has 0 bridgehead atoms. The average Bonchev–Trinajstić information content (AvgIpc) is 3.23. The third-order valence-corrected chi connectivity index (χ3v) is 8.24. The summed E-state index contributed by atoms with van der Waals surface area (Å²) in [5, 5.41) is 13.0. The van der Waals surface area contributed by atoms with E-state index < -0.39 is 0 Å². The standard InChI is InChI=1S/C30H34ClN7O.2ClH/c31-19-15-16-24-22(17-19)28(38-29(35-24)30(39)34-20-9-3-1-2-4-10-20)37-26-14-8-7-13-25(26)36-27-21-11-5-6-12-23(21)32-18-33-27;;/h5-6,11-12,15-18,20,25-26H,1-4,7-10,13-14H2,(H,34,39)(H,32,33,36)(H,35,37,38);2*1H/t25-,26+;;/m1../s1. The molecule has 2 aliphatic rings. The summed E-state index contributed by atoms with van der Waals surface area (Å²) in [7, 11) is 0. The number of fused-ring (bicyclic) bond motifs is 2. The Kier molecular flexibility index (Phi) is 10.8. The Morgan fingerprint density at radius 3 is 2.17 bits per heavy atom. The molecule has 2 fully saturated rings. The molecule has 0 aliphatic heterocycles. The van der Waals surface area contributed by atoms with Crippen LogP contribution >= 0.6 is 36.4 Å². The molecule has 218 valence electrons. The van der Waals surface area contributed by atoms with Crippen LogP contribution in [-0.4, -0.2) is 44.0 Å². The Morgan fingerprint density at radius 2 is 1.41 bits per heavy atom. The second kappa shape index (κ2) is 14.3. The van der Waals surface area contributed by atoms with Gasteiger partial charge >= 0.3 is 0 Å². The molecular weight excluding hydrogens is 581 g/mol. The minimum absolute atomic E-state index is 0. The molecule has 2 heterocycles. The zero-order chi connectivity index (χ0) is 26.6. The van der Waals surface area contributed by atoms with Crippen LogP contribution in [0.25, 0.3) is 21.8 Å². The highest BCUT2D eigenvalue weighted by Crippen LogP contribution is 2.30. The van der Waals surface area contributed by atoms with E-state index in [9.17, 15) is 4.79 Å². The minimum Gasteiger partial charge on any atom is -0.365 e. The van der Waals surface area contributed by atoms with Crippen molar-refractivity contribution in [1.29, 1.82) is 0 Å². The second-order valence-electron chi connectivity index (χ2n) is 10.7. The Bertz CT molecular complexity index is 1470. The lowest BCUT2D eigenvalue weighted by Crippen LogP contribution is -2.42. The van der Waals surface area contributed by atoms with Crippen molar-refractivity contribution in [2.75, 3.05) is 10.6 Å². The lowest BCUT2D eigenvalue weighted by atomic mass is 9.90. The van der Waals surface area contributed by atoms with Gasteiger partial charge in [0, 0.05) is 33.9 Å². The molecule has 6 rings (SSSR count). The Balaban J connectivity index is 0.00000194. The van der Waals surface area contributed by atoms with Gasteiger partial charge < -0.3 is 16.0 Å². The molecule has 11 heteroatoms. The summed E-state index contributed by atoms with van der Waals surface area (Å²) < 4.78 is 0. The van der Waals surface area contributed by atoms with Crippen molar-refractivity contribution in [3.8, 4) is 0 Å². The number of nitrogens with zero attached hydrogens (tertiary/aromatic N) is 4. The Labute approximate surface area is 257 Å². The number of anilines is 2. The minimum atomic E-state index is -0.215. The number of carbonyl (C=O) groups excluding carboxylic acids is 1. The van der Waals surface area contributed by atoms with Gasteiger partial charge in [0.1, 0.15) is 18.0 Å². The van der Waals surface area contributed by atoms with Gasteiger partial charge in [-0.2, -0.15) is 0 Å². The van der Waals surface area contributed by atoms with Crippen molar-refractivity contribution in [2.24, 2.45) is 0 Å². The zero-order valence-corrected chi connectivity index (χ0v) is 25.2. The van der Waals surface area contributed by atoms with Crippen LogP contribution < -0.4 is 16.0 Å². The number of carbonyl (C=O) groups is 1. The number of amides is 1.